The lowest BCUT2D eigenvalue weighted by atomic mass is 10.1. The molecule has 1 atom stereocenters. The van der Waals surface area contributed by atoms with Crippen LogP contribution >= 0.6 is 0 Å². The Morgan fingerprint density at radius 3 is 2.76 bits per heavy atom. The second-order valence-corrected chi connectivity index (χ2v) is 7.62. The molecule has 1 aliphatic heterocycles. The van der Waals surface area contributed by atoms with E-state index in [1.165, 1.54) is 6.33 Å². The summed E-state index contributed by atoms with van der Waals surface area (Å²) in [6, 6.07) is 13.1. The number of carbonyl (C=O) groups excluding carboxylic acids is 1. The Bertz CT molecular complexity index is 1370. The molecular formula is C24H21N7O2. The van der Waals surface area contributed by atoms with Gasteiger partial charge in [0.25, 0.3) is 5.91 Å². The van der Waals surface area contributed by atoms with Crippen molar-refractivity contribution in [1.82, 2.24) is 29.6 Å². The van der Waals surface area contributed by atoms with E-state index in [0.29, 0.717) is 47.3 Å². The summed E-state index contributed by atoms with van der Waals surface area (Å²) in [4.78, 5) is 27.0. The van der Waals surface area contributed by atoms with Crippen molar-refractivity contribution in [1.29, 1.82) is 0 Å². The first-order valence-corrected chi connectivity index (χ1v) is 10.5. The number of hydrogen-bond donors (Lipinski definition) is 1. The molecule has 1 aromatic carbocycles. The number of likely N-dealkylation sites (tertiary alicyclic amines) is 1. The molecule has 1 aliphatic rings. The third kappa shape index (κ3) is 3.94. The lowest BCUT2D eigenvalue weighted by molar-refractivity contribution is -0.124. The van der Waals surface area contributed by atoms with Crippen LogP contribution in [0.4, 0.5) is 5.82 Å². The molecule has 9 heteroatoms. The molecule has 9 nitrogen and oxygen atoms in total. The number of pyridine rings is 1. The molecule has 1 fully saturated rings. The minimum atomic E-state index is -0.177. The zero-order valence-corrected chi connectivity index (χ0v) is 18.0. The summed E-state index contributed by atoms with van der Waals surface area (Å²) < 4.78 is 7.62. The number of nitrogen functional groups attached to an aromatic ring is 1. The molecule has 1 saturated heterocycles. The van der Waals surface area contributed by atoms with E-state index in [1.807, 2.05) is 41.1 Å². The molecule has 4 heterocycles. The van der Waals surface area contributed by atoms with Crippen molar-refractivity contribution < 1.29 is 9.53 Å². The number of rotatable bonds is 4. The lowest BCUT2D eigenvalue weighted by Gasteiger charge is -2.14. The number of ether oxygens (including phenoxy) is 1. The lowest BCUT2D eigenvalue weighted by Crippen LogP contribution is -2.28. The van der Waals surface area contributed by atoms with Crippen molar-refractivity contribution in [3.63, 3.8) is 0 Å². The van der Waals surface area contributed by atoms with Crippen molar-refractivity contribution in [2.45, 2.75) is 19.4 Å². The Labute approximate surface area is 190 Å². The summed E-state index contributed by atoms with van der Waals surface area (Å²) in [6.45, 7) is 2.78. The molecular weight excluding hydrogens is 418 g/mol. The molecule has 4 aromatic rings. The maximum Gasteiger partial charge on any atom is 0.298 e. The number of amides is 1. The van der Waals surface area contributed by atoms with Crippen molar-refractivity contribution in [2.24, 2.45) is 0 Å². The van der Waals surface area contributed by atoms with E-state index in [9.17, 15) is 4.79 Å². The smallest absolute Gasteiger partial charge is 0.298 e. The molecule has 0 saturated carbocycles. The maximum atomic E-state index is 12.2. The Morgan fingerprint density at radius 2 is 2.00 bits per heavy atom. The molecule has 164 valence electrons. The highest BCUT2D eigenvalue weighted by molar-refractivity contribution is 5.98. The van der Waals surface area contributed by atoms with Gasteiger partial charge in [0.2, 0.25) is 5.88 Å². The van der Waals surface area contributed by atoms with Crippen LogP contribution in [0.1, 0.15) is 19.4 Å². The summed E-state index contributed by atoms with van der Waals surface area (Å²) in [5, 5.41) is 5.50. The number of carbonyl (C=O) groups is 1. The molecule has 5 rings (SSSR count). The molecule has 33 heavy (non-hydrogen) atoms. The number of fused-ring (bicyclic) bond motifs is 1. The third-order valence-corrected chi connectivity index (χ3v) is 5.52. The molecule has 2 N–H and O–H groups in total. The second-order valence-electron chi connectivity index (χ2n) is 7.62. The number of nitrogens with zero attached hydrogens (tertiary/aromatic N) is 6. The van der Waals surface area contributed by atoms with Gasteiger partial charge in [-0.15, -0.1) is 0 Å². The highest BCUT2D eigenvalue weighted by atomic mass is 16.5. The largest absolute Gasteiger partial charge is 0.439 e. The SMILES string of the molecule is CC#CC(=O)N1CC[C@@H](n2nc(-c3ccc(Oc4ccccc4)nc3)c3c(N)ncnc32)C1. The van der Waals surface area contributed by atoms with Gasteiger partial charge in [-0.05, 0) is 37.5 Å². The number of benzene rings is 1. The van der Waals surface area contributed by atoms with E-state index in [0.717, 1.165) is 12.0 Å². The Balaban J connectivity index is 1.48. The first-order chi connectivity index (χ1) is 16.1. The van der Waals surface area contributed by atoms with Gasteiger partial charge in [-0.2, -0.15) is 5.10 Å². The summed E-state index contributed by atoms with van der Waals surface area (Å²) in [5.41, 5.74) is 8.25. The molecule has 0 bridgehead atoms. The normalized spacial score (nSPS) is 15.3. The predicted octanol–water partition coefficient (Wildman–Crippen LogP) is 3.06. The highest BCUT2D eigenvalue weighted by Crippen LogP contribution is 2.34. The standard InChI is InChI=1S/C24H21N7O2/c1-2-6-20(32)30-12-11-17(14-30)31-24-21(23(25)27-15-28-24)22(29-31)16-9-10-19(26-13-16)33-18-7-4-3-5-8-18/h3-5,7-10,13,15,17H,11-12,14H2,1H3,(H2,25,27,28)/t17-/m1/s1. The molecule has 0 radical (unpaired) electrons. The summed E-state index contributed by atoms with van der Waals surface area (Å²) in [7, 11) is 0. The molecule has 1 amide bonds. The van der Waals surface area contributed by atoms with E-state index < -0.39 is 0 Å². The van der Waals surface area contributed by atoms with Gasteiger partial charge in [0.15, 0.2) is 5.65 Å². The van der Waals surface area contributed by atoms with Crippen LogP contribution in [0.3, 0.4) is 0 Å². The first-order valence-electron chi connectivity index (χ1n) is 10.5. The number of aromatic nitrogens is 5. The minimum Gasteiger partial charge on any atom is -0.439 e. The van der Waals surface area contributed by atoms with Gasteiger partial charge in [-0.3, -0.25) is 4.79 Å². The summed E-state index contributed by atoms with van der Waals surface area (Å²) in [5.74, 6) is 6.61. The number of para-hydroxylation sites is 1. The zero-order valence-electron chi connectivity index (χ0n) is 18.0. The van der Waals surface area contributed by atoms with Gasteiger partial charge in [0.05, 0.1) is 11.4 Å². The van der Waals surface area contributed by atoms with Crippen LogP contribution in [0, 0.1) is 11.8 Å². The molecule has 0 spiro atoms. The average molecular weight is 439 g/mol. The van der Waals surface area contributed by atoms with Gasteiger partial charge < -0.3 is 15.4 Å². The zero-order chi connectivity index (χ0) is 22.8. The Kier molecular flexibility index (Phi) is 5.32. The fourth-order valence-electron chi connectivity index (χ4n) is 3.95. The third-order valence-electron chi connectivity index (χ3n) is 5.52. The second kappa shape index (κ2) is 8.59. The quantitative estimate of drug-likeness (QED) is 0.486. The van der Waals surface area contributed by atoms with E-state index in [2.05, 4.69) is 26.8 Å². The van der Waals surface area contributed by atoms with Crippen LogP contribution in [0.5, 0.6) is 11.6 Å². The van der Waals surface area contributed by atoms with Crippen LogP contribution in [-0.4, -0.2) is 48.6 Å². The van der Waals surface area contributed by atoms with Crippen LogP contribution in [0.2, 0.25) is 0 Å². The van der Waals surface area contributed by atoms with Gasteiger partial charge in [0, 0.05) is 30.9 Å². The molecule has 3 aromatic heterocycles. The first kappa shape index (κ1) is 20.5. The van der Waals surface area contributed by atoms with Gasteiger partial charge in [-0.25, -0.2) is 19.6 Å². The van der Waals surface area contributed by atoms with E-state index >= 15 is 0 Å². The fourth-order valence-corrected chi connectivity index (χ4v) is 3.95. The van der Waals surface area contributed by atoms with Crippen molar-refractivity contribution >= 4 is 22.8 Å². The van der Waals surface area contributed by atoms with Crippen molar-refractivity contribution in [3.8, 4) is 34.7 Å². The van der Waals surface area contributed by atoms with Crippen molar-refractivity contribution in [3.05, 3.63) is 55.0 Å². The van der Waals surface area contributed by atoms with Gasteiger partial charge in [0.1, 0.15) is 23.6 Å². The number of anilines is 1. The van der Waals surface area contributed by atoms with Crippen molar-refractivity contribution in [2.75, 3.05) is 18.8 Å². The highest BCUT2D eigenvalue weighted by Gasteiger charge is 2.30. The summed E-state index contributed by atoms with van der Waals surface area (Å²) >= 11 is 0. The maximum absolute atomic E-state index is 12.2. The summed E-state index contributed by atoms with van der Waals surface area (Å²) in [6.07, 6.45) is 3.87. The van der Waals surface area contributed by atoms with Crippen LogP contribution in [-0.2, 0) is 4.79 Å². The van der Waals surface area contributed by atoms with E-state index in [4.69, 9.17) is 15.6 Å². The van der Waals surface area contributed by atoms with Gasteiger partial charge in [-0.1, -0.05) is 24.1 Å². The van der Waals surface area contributed by atoms with Crippen LogP contribution in [0.15, 0.2) is 55.0 Å². The molecule has 0 aliphatic carbocycles. The monoisotopic (exact) mass is 439 g/mol. The fraction of sp³-hybridized carbons (Fsp3) is 0.208. The van der Waals surface area contributed by atoms with E-state index in [-0.39, 0.29) is 11.9 Å². The topological polar surface area (TPSA) is 112 Å². The number of hydrogen-bond acceptors (Lipinski definition) is 7. The predicted molar refractivity (Wildman–Crippen MR) is 123 cm³/mol. The average Bonchev–Trinajstić information content (AvgIpc) is 3.47. The molecule has 0 unspecified atom stereocenters. The minimum absolute atomic E-state index is 0.0354. The number of nitrogens with two attached hydrogens (primary N) is 1. The van der Waals surface area contributed by atoms with Gasteiger partial charge >= 0.3 is 0 Å². The Morgan fingerprint density at radius 1 is 1.15 bits per heavy atom. The van der Waals surface area contributed by atoms with E-state index in [1.54, 1.807) is 24.1 Å². The van der Waals surface area contributed by atoms with Crippen LogP contribution < -0.4 is 10.5 Å². The Hall–Kier alpha value is -4.45. The van der Waals surface area contributed by atoms with Crippen LogP contribution in [0.25, 0.3) is 22.3 Å².